The number of nitro groups is 1. The van der Waals surface area contributed by atoms with Gasteiger partial charge in [0.1, 0.15) is 12.4 Å². The minimum Gasteiger partial charge on any atom is -0.487 e. The zero-order valence-corrected chi connectivity index (χ0v) is 13.0. The SMILES string of the molecule is CCNc1ccnc(COc2cc(Br)cc([N+](=O)[O-])c2)c1. The summed E-state index contributed by atoms with van der Waals surface area (Å²) in [7, 11) is 0. The summed E-state index contributed by atoms with van der Waals surface area (Å²) in [6.07, 6.45) is 1.69. The maximum absolute atomic E-state index is 10.8. The van der Waals surface area contributed by atoms with E-state index in [4.69, 9.17) is 4.74 Å². The van der Waals surface area contributed by atoms with Gasteiger partial charge in [-0.3, -0.25) is 15.1 Å². The first-order valence-corrected chi connectivity index (χ1v) is 7.14. The second-order valence-electron chi connectivity index (χ2n) is 4.26. The van der Waals surface area contributed by atoms with Crippen LogP contribution in [0.4, 0.5) is 11.4 Å². The van der Waals surface area contributed by atoms with Gasteiger partial charge in [-0.15, -0.1) is 0 Å². The number of hydrogen-bond donors (Lipinski definition) is 1. The van der Waals surface area contributed by atoms with E-state index in [9.17, 15) is 10.1 Å². The number of nitro benzene ring substituents is 1. The van der Waals surface area contributed by atoms with Crippen molar-refractivity contribution in [1.29, 1.82) is 0 Å². The van der Waals surface area contributed by atoms with Crippen LogP contribution in [0.5, 0.6) is 5.75 Å². The van der Waals surface area contributed by atoms with Crippen molar-refractivity contribution in [2.45, 2.75) is 13.5 Å². The number of nitrogens with zero attached hydrogens (tertiary/aromatic N) is 2. The summed E-state index contributed by atoms with van der Waals surface area (Å²) >= 11 is 3.23. The molecule has 2 rings (SSSR count). The van der Waals surface area contributed by atoms with E-state index < -0.39 is 4.92 Å². The van der Waals surface area contributed by atoms with Crippen LogP contribution < -0.4 is 10.1 Å². The summed E-state index contributed by atoms with van der Waals surface area (Å²) in [6, 6.07) is 8.25. The molecule has 0 spiro atoms. The van der Waals surface area contributed by atoms with Gasteiger partial charge in [-0.05, 0) is 25.1 Å². The second kappa shape index (κ2) is 7.03. The minimum atomic E-state index is -0.457. The Morgan fingerprint density at radius 1 is 1.38 bits per heavy atom. The van der Waals surface area contributed by atoms with Crippen LogP contribution in [0.15, 0.2) is 41.0 Å². The Balaban J connectivity index is 2.09. The van der Waals surface area contributed by atoms with Gasteiger partial charge in [-0.1, -0.05) is 15.9 Å². The Bertz CT molecular complexity index is 649. The Hall–Kier alpha value is -2.15. The highest BCUT2D eigenvalue weighted by Gasteiger charge is 2.10. The van der Waals surface area contributed by atoms with Crippen molar-refractivity contribution in [2.24, 2.45) is 0 Å². The van der Waals surface area contributed by atoms with Crippen LogP contribution in [-0.4, -0.2) is 16.5 Å². The number of ether oxygens (including phenoxy) is 1. The molecule has 0 fully saturated rings. The van der Waals surface area contributed by atoms with Gasteiger partial charge in [-0.2, -0.15) is 0 Å². The second-order valence-corrected chi connectivity index (χ2v) is 5.17. The van der Waals surface area contributed by atoms with Gasteiger partial charge in [0.05, 0.1) is 16.7 Å². The maximum atomic E-state index is 10.8. The predicted octanol–water partition coefficient (Wildman–Crippen LogP) is 3.76. The molecule has 1 heterocycles. The lowest BCUT2D eigenvalue weighted by Gasteiger charge is -2.08. The molecule has 21 heavy (non-hydrogen) atoms. The fourth-order valence-electron chi connectivity index (χ4n) is 1.77. The number of anilines is 1. The molecule has 2 aromatic rings. The largest absolute Gasteiger partial charge is 0.487 e. The van der Waals surface area contributed by atoms with E-state index in [-0.39, 0.29) is 12.3 Å². The standard InChI is InChI=1S/C14H14BrN3O3/c1-2-16-11-3-4-17-12(7-11)9-21-14-6-10(15)5-13(8-14)18(19)20/h3-8H,2,9H2,1H3,(H,16,17). The third-order valence-electron chi connectivity index (χ3n) is 2.65. The van der Waals surface area contributed by atoms with Crippen molar-refractivity contribution >= 4 is 27.3 Å². The number of benzene rings is 1. The summed E-state index contributed by atoms with van der Waals surface area (Å²) in [5.41, 5.74) is 1.69. The summed E-state index contributed by atoms with van der Waals surface area (Å²) < 4.78 is 6.17. The normalized spacial score (nSPS) is 10.2. The van der Waals surface area contributed by atoms with Crippen molar-refractivity contribution in [1.82, 2.24) is 4.98 Å². The molecule has 1 aromatic carbocycles. The monoisotopic (exact) mass is 351 g/mol. The molecule has 0 aliphatic rings. The van der Waals surface area contributed by atoms with Crippen molar-refractivity contribution < 1.29 is 9.66 Å². The van der Waals surface area contributed by atoms with Gasteiger partial charge in [0.2, 0.25) is 0 Å². The molecule has 0 amide bonds. The summed E-state index contributed by atoms with van der Waals surface area (Å²) in [5, 5.41) is 14.0. The van der Waals surface area contributed by atoms with Crippen LogP contribution in [0.2, 0.25) is 0 Å². The van der Waals surface area contributed by atoms with Crippen molar-refractivity contribution in [3.05, 3.63) is 56.8 Å². The van der Waals surface area contributed by atoms with Crippen LogP contribution in [0.25, 0.3) is 0 Å². The highest BCUT2D eigenvalue weighted by Crippen LogP contribution is 2.26. The fourth-order valence-corrected chi connectivity index (χ4v) is 2.23. The van der Waals surface area contributed by atoms with Crippen LogP contribution >= 0.6 is 15.9 Å². The highest BCUT2D eigenvalue weighted by molar-refractivity contribution is 9.10. The van der Waals surface area contributed by atoms with E-state index in [2.05, 4.69) is 26.2 Å². The predicted molar refractivity (Wildman–Crippen MR) is 83.5 cm³/mol. The molecular formula is C14H14BrN3O3. The third-order valence-corrected chi connectivity index (χ3v) is 3.11. The molecule has 0 atom stereocenters. The van der Waals surface area contributed by atoms with Crippen molar-refractivity contribution in [2.75, 3.05) is 11.9 Å². The molecule has 0 bridgehead atoms. The van der Waals surface area contributed by atoms with E-state index in [1.54, 1.807) is 12.3 Å². The van der Waals surface area contributed by atoms with E-state index in [0.29, 0.717) is 10.2 Å². The number of rotatable bonds is 6. The molecule has 0 aliphatic carbocycles. The molecule has 0 saturated heterocycles. The summed E-state index contributed by atoms with van der Waals surface area (Å²) in [5.74, 6) is 0.423. The highest BCUT2D eigenvalue weighted by atomic mass is 79.9. The number of aromatic nitrogens is 1. The van der Waals surface area contributed by atoms with Gasteiger partial charge < -0.3 is 10.1 Å². The molecule has 6 nitrogen and oxygen atoms in total. The van der Waals surface area contributed by atoms with Crippen molar-refractivity contribution in [3.63, 3.8) is 0 Å². The Morgan fingerprint density at radius 3 is 2.90 bits per heavy atom. The summed E-state index contributed by atoms with van der Waals surface area (Å²) in [6.45, 7) is 3.08. The smallest absolute Gasteiger partial charge is 0.274 e. The fraction of sp³-hybridized carbons (Fsp3) is 0.214. The van der Waals surface area contributed by atoms with Crippen LogP contribution in [0, 0.1) is 10.1 Å². The number of nitrogens with one attached hydrogen (secondary N) is 1. The molecule has 7 heteroatoms. The molecule has 0 unspecified atom stereocenters. The van der Waals surface area contributed by atoms with Gasteiger partial charge in [0.15, 0.2) is 0 Å². The molecule has 0 aliphatic heterocycles. The number of pyridine rings is 1. The first-order chi connectivity index (χ1) is 10.1. The van der Waals surface area contributed by atoms with Gasteiger partial charge >= 0.3 is 0 Å². The summed E-state index contributed by atoms with van der Waals surface area (Å²) in [4.78, 5) is 14.6. The molecule has 0 radical (unpaired) electrons. The van der Waals surface area contributed by atoms with Crippen LogP contribution in [0.3, 0.4) is 0 Å². The maximum Gasteiger partial charge on any atom is 0.274 e. The molecule has 1 N–H and O–H groups in total. The van der Waals surface area contributed by atoms with Gasteiger partial charge in [0, 0.05) is 29.0 Å². The number of non-ortho nitro benzene ring substituents is 1. The Labute approximate surface area is 130 Å². The number of halogens is 1. The van der Waals surface area contributed by atoms with Crippen LogP contribution in [-0.2, 0) is 6.61 Å². The average molecular weight is 352 g/mol. The van der Waals surface area contributed by atoms with E-state index in [0.717, 1.165) is 17.9 Å². The molecule has 110 valence electrons. The first kappa shape index (κ1) is 15.2. The lowest BCUT2D eigenvalue weighted by Crippen LogP contribution is -2.02. The lowest BCUT2D eigenvalue weighted by molar-refractivity contribution is -0.385. The van der Waals surface area contributed by atoms with Gasteiger partial charge in [-0.25, -0.2) is 0 Å². The molecular weight excluding hydrogens is 338 g/mol. The van der Waals surface area contributed by atoms with Crippen molar-refractivity contribution in [3.8, 4) is 5.75 Å². The third kappa shape index (κ3) is 4.42. The lowest BCUT2D eigenvalue weighted by atomic mass is 10.3. The van der Waals surface area contributed by atoms with E-state index in [1.807, 2.05) is 19.1 Å². The van der Waals surface area contributed by atoms with E-state index in [1.165, 1.54) is 12.1 Å². The van der Waals surface area contributed by atoms with E-state index >= 15 is 0 Å². The first-order valence-electron chi connectivity index (χ1n) is 6.35. The average Bonchev–Trinajstić information content (AvgIpc) is 2.45. The topological polar surface area (TPSA) is 77.3 Å². The zero-order valence-electron chi connectivity index (χ0n) is 11.4. The van der Waals surface area contributed by atoms with Crippen LogP contribution in [0.1, 0.15) is 12.6 Å². The minimum absolute atomic E-state index is 0.0197. The zero-order chi connectivity index (χ0) is 15.2. The molecule has 0 saturated carbocycles. The Morgan fingerprint density at radius 2 is 2.19 bits per heavy atom. The number of hydrogen-bond acceptors (Lipinski definition) is 5. The molecule has 1 aromatic heterocycles. The Kier molecular flexibility index (Phi) is 5.10. The quantitative estimate of drug-likeness (QED) is 0.633. The van der Waals surface area contributed by atoms with Gasteiger partial charge in [0.25, 0.3) is 5.69 Å².